The number of H-pyrrole nitrogens is 4. The van der Waals surface area contributed by atoms with E-state index in [1.54, 1.807) is 24.8 Å². The number of nitrogens with one attached hydrogen (secondary N) is 5. The molecule has 0 bridgehead atoms. The summed E-state index contributed by atoms with van der Waals surface area (Å²) in [5, 5.41) is 23.4. The second-order valence-electron chi connectivity index (χ2n) is 15.2. The fourth-order valence-corrected chi connectivity index (χ4v) is 8.33. The van der Waals surface area contributed by atoms with E-state index in [0.29, 0.717) is 0 Å². The lowest BCUT2D eigenvalue weighted by Crippen LogP contribution is -2.19. The number of fused-ring (bicyclic) bond motifs is 4. The molecule has 0 radical (unpaired) electrons. The van der Waals surface area contributed by atoms with Gasteiger partial charge in [0.05, 0.1) is 57.7 Å². The number of benzene rings is 2. The Morgan fingerprint density at radius 1 is 0.540 bits per heavy atom. The minimum Gasteiger partial charge on any atom is -0.352 e. The number of pyridine rings is 4. The maximum atomic E-state index is 4.63. The summed E-state index contributed by atoms with van der Waals surface area (Å²) >= 11 is 0. The summed E-state index contributed by atoms with van der Waals surface area (Å²) in [6.07, 6.45) is 19.9. The zero-order valence-electron chi connectivity index (χ0n) is 35.4. The van der Waals surface area contributed by atoms with Crippen LogP contribution in [-0.2, 0) is 7.05 Å². The minimum absolute atomic E-state index is 0.882. The van der Waals surface area contributed by atoms with Crippen molar-refractivity contribution in [3.8, 4) is 56.3 Å². The van der Waals surface area contributed by atoms with E-state index in [-0.39, 0.29) is 0 Å². The number of nitrogens with zero attached hydrogens (tertiary/aromatic N) is 8. The van der Waals surface area contributed by atoms with Crippen LogP contribution in [0.5, 0.6) is 0 Å². The van der Waals surface area contributed by atoms with E-state index in [1.165, 1.54) is 11.1 Å². The first-order chi connectivity index (χ1) is 31.1. The monoisotopic (exact) mass is 827 g/mol. The fourth-order valence-electron chi connectivity index (χ4n) is 8.33. The molecule has 12 rings (SSSR count). The van der Waals surface area contributed by atoms with E-state index < -0.39 is 0 Å². The number of hydrogen-bond acceptors (Lipinski definition) is 8. The van der Waals surface area contributed by atoms with Gasteiger partial charge in [0.1, 0.15) is 17.2 Å². The van der Waals surface area contributed by atoms with Gasteiger partial charge in [0.25, 0.3) is 0 Å². The van der Waals surface area contributed by atoms with Gasteiger partial charge < -0.3 is 19.9 Å². The molecule has 5 N–H and O–H groups in total. The van der Waals surface area contributed by atoms with Gasteiger partial charge in [-0.3, -0.25) is 30.1 Å². The lowest BCUT2D eigenvalue weighted by Gasteiger charge is -2.14. The van der Waals surface area contributed by atoms with Gasteiger partial charge in [-0.1, -0.05) is 32.1 Å². The Balaban J connectivity index is 0.000000144. The first kappa shape index (κ1) is 39.1. The van der Waals surface area contributed by atoms with E-state index in [1.807, 2.05) is 83.1 Å². The first-order valence-corrected chi connectivity index (χ1v) is 21.2. The molecule has 0 unspecified atom stereocenters. The average Bonchev–Trinajstić information content (AvgIpc) is 4.20. The van der Waals surface area contributed by atoms with Crippen molar-refractivity contribution in [3.63, 3.8) is 0 Å². The predicted octanol–water partition coefficient (Wildman–Crippen LogP) is 10.4. The summed E-state index contributed by atoms with van der Waals surface area (Å²) in [7, 11) is 2.03. The Labute approximate surface area is 362 Å². The van der Waals surface area contributed by atoms with Crippen LogP contribution in [0, 0.1) is 6.92 Å². The second kappa shape index (κ2) is 16.8. The number of aromatic nitrogens is 12. The quantitative estimate of drug-likeness (QED) is 0.110. The third kappa shape index (κ3) is 7.34. The molecule has 0 fully saturated rings. The van der Waals surface area contributed by atoms with E-state index in [4.69, 9.17) is 0 Å². The van der Waals surface area contributed by atoms with Crippen molar-refractivity contribution < 1.29 is 0 Å². The number of hydrogen-bond donors (Lipinski definition) is 5. The molecule has 0 amide bonds. The topological polar surface area (TPSA) is 170 Å². The smallest absolute Gasteiger partial charge is 0.116 e. The first-order valence-electron chi connectivity index (χ1n) is 21.2. The lowest BCUT2D eigenvalue weighted by atomic mass is 9.98. The van der Waals surface area contributed by atoms with E-state index in [2.05, 4.69) is 120 Å². The largest absolute Gasteiger partial charge is 0.352 e. The highest BCUT2D eigenvalue weighted by molar-refractivity contribution is 6.03. The van der Waals surface area contributed by atoms with Gasteiger partial charge in [-0.2, -0.15) is 10.2 Å². The molecule has 2 aromatic carbocycles. The van der Waals surface area contributed by atoms with Crippen molar-refractivity contribution in [2.24, 2.45) is 7.05 Å². The van der Waals surface area contributed by atoms with Crippen LogP contribution < -0.4 is 5.32 Å². The zero-order chi connectivity index (χ0) is 42.9. The van der Waals surface area contributed by atoms with Crippen molar-refractivity contribution in [1.82, 2.24) is 65.2 Å². The maximum absolute atomic E-state index is 4.63. The predicted molar refractivity (Wildman–Crippen MR) is 253 cm³/mol. The highest BCUT2D eigenvalue weighted by atomic mass is 15.1. The number of rotatable bonds is 6. The maximum Gasteiger partial charge on any atom is 0.116 e. The summed E-state index contributed by atoms with van der Waals surface area (Å²) in [4.78, 5) is 28.5. The Bertz CT molecular complexity index is 3400. The minimum atomic E-state index is 0.882. The third-order valence-corrected chi connectivity index (χ3v) is 11.7. The van der Waals surface area contributed by atoms with Crippen molar-refractivity contribution in [3.05, 3.63) is 146 Å². The van der Waals surface area contributed by atoms with Gasteiger partial charge >= 0.3 is 0 Å². The Hall–Kier alpha value is -8.03. The summed E-state index contributed by atoms with van der Waals surface area (Å²) < 4.78 is 2.09. The molecule has 0 spiro atoms. The number of imidazole rings is 1. The van der Waals surface area contributed by atoms with Crippen LogP contribution in [0.15, 0.2) is 135 Å². The van der Waals surface area contributed by atoms with Crippen LogP contribution in [0.25, 0.3) is 105 Å². The molecule has 310 valence electrons. The summed E-state index contributed by atoms with van der Waals surface area (Å²) in [6.45, 7) is 7.96. The van der Waals surface area contributed by atoms with Crippen LogP contribution in [0.3, 0.4) is 0 Å². The highest BCUT2D eigenvalue weighted by Gasteiger charge is 2.18. The summed E-state index contributed by atoms with van der Waals surface area (Å²) in [5.41, 5.74) is 16.9. The SMILES string of the molecule is C1=C(c2ccc3[nH]nc(-c4cc5c(-c6ccncc6)cncc5[nH]4)c3c2)CCNC1.CC.Cc1ncc(-c2ccc3[nH]nc(-c4cc5c(-c6ccncc6)cncc5[nH]4)c3c2)n1C. The van der Waals surface area contributed by atoms with Crippen LogP contribution in [0.2, 0.25) is 0 Å². The van der Waals surface area contributed by atoms with E-state index in [0.717, 1.165) is 125 Å². The van der Waals surface area contributed by atoms with E-state index in [9.17, 15) is 0 Å². The molecular weight excluding hydrogens is 783 g/mol. The molecular formula is C50H45N13. The van der Waals surface area contributed by atoms with Gasteiger partial charge in [-0.25, -0.2) is 4.98 Å². The van der Waals surface area contributed by atoms with Crippen LogP contribution in [-0.4, -0.2) is 72.9 Å². The molecule has 0 atom stereocenters. The highest BCUT2D eigenvalue weighted by Crippen LogP contribution is 2.36. The van der Waals surface area contributed by atoms with Gasteiger partial charge in [0, 0.05) is 89.0 Å². The van der Waals surface area contributed by atoms with Gasteiger partial charge in [0.15, 0.2) is 0 Å². The average molecular weight is 828 g/mol. The van der Waals surface area contributed by atoms with Crippen LogP contribution >= 0.6 is 0 Å². The van der Waals surface area contributed by atoms with Gasteiger partial charge in [0.2, 0.25) is 0 Å². The Kier molecular flexibility index (Phi) is 10.4. The molecule has 0 saturated heterocycles. The summed E-state index contributed by atoms with van der Waals surface area (Å²) in [5.74, 6) is 0.981. The second-order valence-corrected chi connectivity index (χ2v) is 15.2. The van der Waals surface area contributed by atoms with Crippen molar-refractivity contribution in [2.45, 2.75) is 27.2 Å². The third-order valence-electron chi connectivity index (χ3n) is 11.7. The van der Waals surface area contributed by atoms with Crippen molar-refractivity contribution in [1.29, 1.82) is 0 Å². The summed E-state index contributed by atoms with van der Waals surface area (Å²) in [6, 6.07) is 25.2. The normalized spacial score (nSPS) is 12.6. The standard InChI is InChI=1S/C24H19N7.C24H20N6.C2H6/c1-14-27-13-23(31(14)2)16-3-4-20-18(9-16)24(30-29-20)21-10-17-19(11-26-12-22(17)28-21)15-5-7-25-8-6-15;1-2-21-19(11-17(1)15-3-7-25-8-4-15)24(30-29-21)22-12-18-20(13-27-14-23(18)28-22)16-5-9-26-10-6-16;1-2/h3-13,28H,1-2H3,(H,29,30);1-3,5-6,9-14,25,28H,4,7-8H2,(H,29,30);1-2H3. The van der Waals surface area contributed by atoms with E-state index >= 15 is 0 Å². The molecule has 0 aliphatic carbocycles. The molecule has 11 aromatic rings. The van der Waals surface area contributed by atoms with Crippen molar-refractivity contribution in [2.75, 3.05) is 13.1 Å². The molecule has 13 heteroatoms. The molecule has 9 aromatic heterocycles. The molecule has 0 saturated carbocycles. The molecule has 1 aliphatic rings. The Morgan fingerprint density at radius 3 is 1.59 bits per heavy atom. The van der Waals surface area contributed by atoms with Gasteiger partial charge in [-0.05, 0) is 103 Å². The number of aromatic amines is 4. The number of aryl methyl sites for hydroxylation is 1. The molecule has 13 nitrogen and oxygen atoms in total. The molecule has 63 heavy (non-hydrogen) atoms. The zero-order valence-corrected chi connectivity index (χ0v) is 35.4. The Morgan fingerprint density at radius 2 is 1.08 bits per heavy atom. The van der Waals surface area contributed by atoms with Crippen molar-refractivity contribution >= 4 is 49.2 Å². The lowest BCUT2D eigenvalue weighted by molar-refractivity contribution is 0.739. The molecule has 10 heterocycles. The molecule has 1 aliphatic heterocycles. The van der Waals surface area contributed by atoms with Crippen LogP contribution in [0.1, 0.15) is 31.7 Å². The van der Waals surface area contributed by atoms with Gasteiger partial charge in [-0.15, -0.1) is 0 Å². The fraction of sp³-hybridized carbons (Fsp3) is 0.140. The van der Waals surface area contributed by atoms with Crippen LogP contribution in [0.4, 0.5) is 0 Å².